The quantitative estimate of drug-likeness (QED) is 0.465. The van der Waals surface area contributed by atoms with Crippen LogP contribution in [0.15, 0.2) is 12.4 Å². The molecule has 0 radical (unpaired) electrons. The van der Waals surface area contributed by atoms with Crippen LogP contribution in [0.2, 0.25) is 0 Å². The van der Waals surface area contributed by atoms with Crippen LogP contribution in [-0.2, 0) is 16.1 Å². The van der Waals surface area contributed by atoms with Crippen LogP contribution in [0.4, 0.5) is 5.82 Å². The molecule has 1 aromatic rings. The van der Waals surface area contributed by atoms with Crippen LogP contribution < -0.4 is 11.3 Å². The number of piperidine rings is 1. The average Bonchev–Trinajstić information content (AvgIpc) is 2.49. The van der Waals surface area contributed by atoms with E-state index in [1.807, 2.05) is 6.92 Å². The molecule has 3 N–H and O–H groups in total. The number of esters is 1. The number of aromatic nitrogens is 2. The Morgan fingerprint density at radius 1 is 1.50 bits per heavy atom. The van der Waals surface area contributed by atoms with Gasteiger partial charge in [-0.05, 0) is 26.3 Å². The first-order valence-electron chi connectivity index (χ1n) is 6.92. The van der Waals surface area contributed by atoms with Crippen molar-refractivity contribution in [2.45, 2.75) is 38.8 Å². The van der Waals surface area contributed by atoms with Crippen LogP contribution in [0.3, 0.4) is 0 Å². The summed E-state index contributed by atoms with van der Waals surface area (Å²) in [4.78, 5) is 22.5. The highest BCUT2D eigenvalue weighted by Gasteiger charge is 2.29. The van der Waals surface area contributed by atoms with Gasteiger partial charge in [-0.25, -0.2) is 10.8 Å². The fourth-order valence-corrected chi connectivity index (χ4v) is 2.40. The van der Waals surface area contributed by atoms with Gasteiger partial charge in [0.05, 0.1) is 24.7 Å². The molecular formula is C13H21N5O2. The maximum atomic E-state index is 12.0. The number of carbonyl (C=O) groups is 1. The number of likely N-dealkylation sites (tertiary alicyclic amines) is 1. The average molecular weight is 279 g/mol. The van der Waals surface area contributed by atoms with Gasteiger partial charge < -0.3 is 10.2 Å². The first kappa shape index (κ1) is 14.7. The Morgan fingerprint density at radius 3 is 3.00 bits per heavy atom. The molecule has 1 atom stereocenters. The van der Waals surface area contributed by atoms with Gasteiger partial charge in [0.1, 0.15) is 6.04 Å². The predicted molar refractivity (Wildman–Crippen MR) is 74.5 cm³/mol. The van der Waals surface area contributed by atoms with Crippen molar-refractivity contribution in [1.82, 2.24) is 14.9 Å². The van der Waals surface area contributed by atoms with Gasteiger partial charge in [-0.3, -0.25) is 14.7 Å². The fourth-order valence-electron chi connectivity index (χ4n) is 2.40. The van der Waals surface area contributed by atoms with Gasteiger partial charge in [-0.1, -0.05) is 6.42 Å². The molecular weight excluding hydrogens is 258 g/mol. The summed E-state index contributed by atoms with van der Waals surface area (Å²) < 4.78 is 5.14. The third-order valence-corrected chi connectivity index (χ3v) is 3.39. The summed E-state index contributed by atoms with van der Waals surface area (Å²) in [5, 5.41) is 0. The summed E-state index contributed by atoms with van der Waals surface area (Å²) in [6, 6.07) is -0.169. The molecule has 0 aliphatic carbocycles. The molecule has 7 heteroatoms. The fraction of sp³-hybridized carbons (Fsp3) is 0.615. The highest BCUT2D eigenvalue weighted by Crippen LogP contribution is 2.20. The zero-order valence-corrected chi connectivity index (χ0v) is 11.7. The molecule has 0 spiro atoms. The molecule has 1 fully saturated rings. The van der Waals surface area contributed by atoms with Crippen molar-refractivity contribution in [1.29, 1.82) is 0 Å². The van der Waals surface area contributed by atoms with Gasteiger partial charge in [0.25, 0.3) is 0 Å². The van der Waals surface area contributed by atoms with E-state index >= 15 is 0 Å². The highest BCUT2D eigenvalue weighted by atomic mass is 16.5. The van der Waals surface area contributed by atoms with Crippen molar-refractivity contribution in [2.24, 2.45) is 5.84 Å². The number of nitrogens with two attached hydrogens (primary N) is 1. The number of hydrazine groups is 1. The van der Waals surface area contributed by atoms with E-state index in [1.54, 1.807) is 12.4 Å². The van der Waals surface area contributed by atoms with Crippen molar-refractivity contribution in [3.05, 3.63) is 18.1 Å². The van der Waals surface area contributed by atoms with Crippen molar-refractivity contribution < 1.29 is 9.53 Å². The van der Waals surface area contributed by atoms with Gasteiger partial charge in [-0.15, -0.1) is 0 Å². The van der Waals surface area contributed by atoms with Gasteiger partial charge in [0.2, 0.25) is 0 Å². The second kappa shape index (κ2) is 7.16. The standard InChI is InChI=1S/C13H21N5O2/c1-2-20-13(19)11-5-3-4-6-18(11)9-10-7-16-12(17-14)8-15-10/h7-8,11H,2-6,9,14H2,1H3,(H,16,17). The first-order valence-corrected chi connectivity index (χ1v) is 6.92. The molecule has 20 heavy (non-hydrogen) atoms. The summed E-state index contributed by atoms with van der Waals surface area (Å²) in [5.74, 6) is 5.64. The number of nitrogens with zero attached hydrogens (tertiary/aromatic N) is 3. The summed E-state index contributed by atoms with van der Waals surface area (Å²) in [6.07, 6.45) is 6.24. The Bertz CT molecular complexity index is 437. The Hall–Kier alpha value is -1.73. The third kappa shape index (κ3) is 3.64. The van der Waals surface area contributed by atoms with Gasteiger partial charge in [0, 0.05) is 6.54 Å². The molecule has 1 unspecified atom stereocenters. The van der Waals surface area contributed by atoms with Crippen LogP contribution in [0, 0.1) is 0 Å². The van der Waals surface area contributed by atoms with Crippen LogP contribution in [-0.4, -0.2) is 40.0 Å². The van der Waals surface area contributed by atoms with Crippen LogP contribution in [0.25, 0.3) is 0 Å². The third-order valence-electron chi connectivity index (χ3n) is 3.39. The lowest BCUT2D eigenvalue weighted by molar-refractivity contribution is -0.151. The molecule has 1 aromatic heterocycles. The SMILES string of the molecule is CCOC(=O)C1CCCCN1Cc1cnc(NN)cn1. The van der Waals surface area contributed by atoms with E-state index in [9.17, 15) is 4.79 Å². The van der Waals surface area contributed by atoms with E-state index in [0.717, 1.165) is 31.5 Å². The predicted octanol–water partition coefficient (Wildman–Crippen LogP) is 0.680. The Kier molecular flexibility index (Phi) is 5.25. The number of carbonyl (C=O) groups excluding carboxylic acids is 1. The van der Waals surface area contributed by atoms with Gasteiger partial charge in [0.15, 0.2) is 5.82 Å². The van der Waals surface area contributed by atoms with Gasteiger partial charge in [-0.2, -0.15) is 0 Å². The molecule has 0 saturated carbocycles. The maximum Gasteiger partial charge on any atom is 0.323 e. The van der Waals surface area contributed by atoms with E-state index in [2.05, 4.69) is 20.3 Å². The van der Waals surface area contributed by atoms with Crippen molar-refractivity contribution in [3.63, 3.8) is 0 Å². The summed E-state index contributed by atoms with van der Waals surface area (Å²) in [6.45, 7) is 3.72. The van der Waals surface area contributed by atoms with E-state index in [1.165, 1.54) is 0 Å². The molecule has 1 aliphatic rings. The molecule has 1 aliphatic heterocycles. The second-order valence-electron chi connectivity index (χ2n) is 4.77. The summed E-state index contributed by atoms with van der Waals surface area (Å²) in [7, 11) is 0. The Labute approximate surface area is 118 Å². The number of hydrogen-bond acceptors (Lipinski definition) is 7. The minimum atomic E-state index is -0.169. The first-order chi connectivity index (χ1) is 9.74. The lowest BCUT2D eigenvalue weighted by Gasteiger charge is -2.33. The molecule has 2 rings (SSSR count). The normalized spacial score (nSPS) is 19.6. The van der Waals surface area contributed by atoms with Crippen molar-refractivity contribution >= 4 is 11.8 Å². The lowest BCUT2D eigenvalue weighted by atomic mass is 10.0. The molecule has 0 amide bonds. The number of anilines is 1. The number of hydrogen-bond donors (Lipinski definition) is 2. The highest BCUT2D eigenvalue weighted by molar-refractivity contribution is 5.75. The Balaban J connectivity index is 2.02. The van der Waals surface area contributed by atoms with Gasteiger partial charge >= 0.3 is 5.97 Å². The monoisotopic (exact) mass is 279 g/mol. The minimum absolute atomic E-state index is 0.139. The summed E-state index contributed by atoms with van der Waals surface area (Å²) in [5.41, 5.74) is 3.26. The molecule has 1 saturated heterocycles. The topological polar surface area (TPSA) is 93.4 Å². The molecule has 2 heterocycles. The Morgan fingerprint density at radius 2 is 2.35 bits per heavy atom. The molecule has 7 nitrogen and oxygen atoms in total. The van der Waals surface area contributed by atoms with Crippen LogP contribution in [0.1, 0.15) is 31.9 Å². The maximum absolute atomic E-state index is 12.0. The smallest absolute Gasteiger partial charge is 0.323 e. The zero-order chi connectivity index (χ0) is 14.4. The van der Waals surface area contributed by atoms with Crippen molar-refractivity contribution in [2.75, 3.05) is 18.6 Å². The molecule has 110 valence electrons. The second-order valence-corrected chi connectivity index (χ2v) is 4.77. The summed E-state index contributed by atoms with van der Waals surface area (Å²) >= 11 is 0. The zero-order valence-electron chi connectivity index (χ0n) is 11.7. The van der Waals surface area contributed by atoms with Crippen LogP contribution in [0.5, 0.6) is 0 Å². The number of nitrogens with one attached hydrogen (secondary N) is 1. The molecule has 0 bridgehead atoms. The van der Waals surface area contributed by atoms with Crippen molar-refractivity contribution in [3.8, 4) is 0 Å². The number of nitrogen functional groups attached to an aromatic ring is 1. The number of rotatable bonds is 5. The van der Waals surface area contributed by atoms with E-state index in [4.69, 9.17) is 10.6 Å². The van der Waals surface area contributed by atoms with Crippen LogP contribution >= 0.6 is 0 Å². The van der Waals surface area contributed by atoms with E-state index in [-0.39, 0.29) is 12.0 Å². The van der Waals surface area contributed by atoms with E-state index < -0.39 is 0 Å². The van der Waals surface area contributed by atoms with E-state index in [0.29, 0.717) is 19.0 Å². The lowest BCUT2D eigenvalue weighted by Crippen LogP contribution is -2.45. The largest absolute Gasteiger partial charge is 0.465 e. The minimum Gasteiger partial charge on any atom is -0.465 e. The molecule has 0 aromatic carbocycles. The number of ether oxygens (including phenoxy) is 1.